The number of ether oxygens (including phenoxy) is 2. The summed E-state index contributed by atoms with van der Waals surface area (Å²) in [7, 11) is -0.614. The van der Waals surface area contributed by atoms with Crippen molar-refractivity contribution in [1.29, 1.82) is 0 Å². The van der Waals surface area contributed by atoms with Crippen LogP contribution in [0.1, 0.15) is 47.0 Å². The van der Waals surface area contributed by atoms with Crippen LogP contribution in [0.2, 0.25) is 18.1 Å². The molecule has 27 heavy (non-hydrogen) atoms. The Kier molecular flexibility index (Phi) is 6.95. The monoisotopic (exact) mass is 396 g/mol. The summed E-state index contributed by atoms with van der Waals surface area (Å²) >= 11 is 0. The van der Waals surface area contributed by atoms with Crippen LogP contribution in [0, 0.1) is 23.7 Å². The Balaban J connectivity index is 2.35. The highest BCUT2D eigenvalue weighted by Gasteiger charge is 2.50. The SMILES string of the molecule is CCOC(=O)[C@H]1CC=CC2C[C@H](C(=O)OC)C[C@H](O[Si](C)(C)C(C)(C)C)C21. The number of fused-ring (bicyclic) bond motifs is 1. The maximum absolute atomic E-state index is 12.6. The first kappa shape index (κ1) is 22.1. The molecule has 5 atom stereocenters. The number of hydrogen-bond donors (Lipinski definition) is 0. The van der Waals surface area contributed by atoms with Gasteiger partial charge in [-0.05, 0) is 50.2 Å². The van der Waals surface area contributed by atoms with Crippen LogP contribution in [-0.4, -0.2) is 40.1 Å². The molecular formula is C21H36O5Si. The van der Waals surface area contributed by atoms with Gasteiger partial charge in [-0.1, -0.05) is 32.9 Å². The Hall–Kier alpha value is -1.14. The Morgan fingerprint density at radius 2 is 1.81 bits per heavy atom. The molecule has 2 aliphatic carbocycles. The summed E-state index contributed by atoms with van der Waals surface area (Å²) in [6.45, 7) is 13.3. The van der Waals surface area contributed by atoms with Crippen molar-refractivity contribution in [3.63, 3.8) is 0 Å². The lowest BCUT2D eigenvalue weighted by atomic mass is 9.64. The Labute approximate surface area is 165 Å². The van der Waals surface area contributed by atoms with Gasteiger partial charge in [-0.25, -0.2) is 0 Å². The molecule has 0 saturated heterocycles. The van der Waals surface area contributed by atoms with Crippen LogP contribution in [0.15, 0.2) is 12.2 Å². The molecule has 0 aliphatic heterocycles. The number of carbonyl (C=O) groups is 2. The van der Waals surface area contributed by atoms with Gasteiger partial charge in [-0.3, -0.25) is 9.59 Å². The maximum atomic E-state index is 12.6. The van der Waals surface area contributed by atoms with Crippen molar-refractivity contribution in [3.05, 3.63) is 12.2 Å². The average molecular weight is 397 g/mol. The molecule has 5 nitrogen and oxygen atoms in total. The second-order valence-corrected chi connectivity index (χ2v) is 14.1. The van der Waals surface area contributed by atoms with Crippen LogP contribution in [0.5, 0.6) is 0 Å². The molecule has 0 N–H and O–H groups in total. The third-order valence-electron chi connectivity index (χ3n) is 6.61. The van der Waals surface area contributed by atoms with Crippen LogP contribution in [0.4, 0.5) is 0 Å². The lowest BCUT2D eigenvalue weighted by Crippen LogP contribution is -2.53. The fraction of sp³-hybridized carbons (Fsp3) is 0.810. The van der Waals surface area contributed by atoms with Gasteiger partial charge in [0, 0.05) is 5.92 Å². The van der Waals surface area contributed by atoms with Crippen LogP contribution < -0.4 is 0 Å². The summed E-state index contributed by atoms with van der Waals surface area (Å²) in [5.41, 5.74) is 0. The van der Waals surface area contributed by atoms with E-state index in [4.69, 9.17) is 13.9 Å². The Morgan fingerprint density at radius 1 is 1.15 bits per heavy atom. The molecule has 2 unspecified atom stereocenters. The summed E-state index contributed by atoms with van der Waals surface area (Å²) in [5, 5.41) is 0.0602. The molecule has 2 rings (SSSR count). The minimum absolute atomic E-state index is 0.0593. The smallest absolute Gasteiger partial charge is 0.309 e. The van der Waals surface area contributed by atoms with Crippen LogP contribution in [-0.2, 0) is 23.5 Å². The quantitative estimate of drug-likeness (QED) is 0.393. The van der Waals surface area contributed by atoms with E-state index in [0.29, 0.717) is 25.9 Å². The summed E-state index contributed by atoms with van der Waals surface area (Å²) in [6.07, 6.45) is 6.10. The zero-order chi connectivity index (χ0) is 20.4. The predicted octanol–water partition coefficient (Wildman–Crippen LogP) is 4.33. The number of carbonyl (C=O) groups excluding carboxylic acids is 2. The van der Waals surface area contributed by atoms with Crippen molar-refractivity contribution >= 4 is 20.3 Å². The first-order chi connectivity index (χ1) is 12.5. The van der Waals surface area contributed by atoms with Gasteiger partial charge in [-0.15, -0.1) is 0 Å². The van der Waals surface area contributed by atoms with Crippen molar-refractivity contribution in [3.8, 4) is 0 Å². The first-order valence-corrected chi connectivity index (χ1v) is 13.0. The number of hydrogen-bond acceptors (Lipinski definition) is 5. The van der Waals surface area contributed by atoms with Gasteiger partial charge in [-0.2, -0.15) is 0 Å². The highest BCUT2D eigenvalue weighted by atomic mass is 28.4. The minimum Gasteiger partial charge on any atom is -0.469 e. The molecule has 0 bridgehead atoms. The number of allylic oxidation sites excluding steroid dienone is 2. The first-order valence-electron chi connectivity index (χ1n) is 10.1. The molecular weight excluding hydrogens is 360 g/mol. The summed E-state index contributed by atoms with van der Waals surface area (Å²) in [4.78, 5) is 24.9. The molecule has 0 heterocycles. The lowest BCUT2D eigenvalue weighted by Gasteiger charge is -2.49. The molecule has 0 aromatic heterocycles. The highest BCUT2D eigenvalue weighted by Crippen LogP contribution is 2.48. The van der Waals surface area contributed by atoms with Crippen molar-refractivity contribution in [2.45, 2.75) is 71.2 Å². The average Bonchev–Trinajstić information content (AvgIpc) is 2.59. The molecule has 0 spiro atoms. The zero-order valence-corrected chi connectivity index (χ0v) is 18.9. The molecule has 0 aromatic carbocycles. The van der Waals surface area contributed by atoms with E-state index in [1.165, 1.54) is 7.11 Å². The summed E-state index contributed by atoms with van der Waals surface area (Å²) in [6, 6.07) is 0. The molecule has 1 saturated carbocycles. The molecule has 1 fully saturated rings. The third kappa shape index (κ3) is 4.83. The van der Waals surface area contributed by atoms with E-state index < -0.39 is 8.32 Å². The molecule has 0 amide bonds. The largest absolute Gasteiger partial charge is 0.469 e. The minimum atomic E-state index is -2.05. The van der Waals surface area contributed by atoms with Gasteiger partial charge >= 0.3 is 11.9 Å². The van der Waals surface area contributed by atoms with Crippen LogP contribution >= 0.6 is 0 Å². The lowest BCUT2D eigenvalue weighted by molar-refractivity contribution is -0.157. The molecule has 0 radical (unpaired) electrons. The van der Waals surface area contributed by atoms with E-state index in [-0.39, 0.29) is 46.8 Å². The normalized spacial score (nSPS) is 31.1. The van der Waals surface area contributed by atoms with Gasteiger partial charge in [0.05, 0.1) is 31.7 Å². The molecule has 154 valence electrons. The van der Waals surface area contributed by atoms with Crippen molar-refractivity contribution in [2.24, 2.45) is 23.7 Å². The van der Waals surface area contributed by atoms with E-state index in [1.807, 2.05) is 6.92 Å². The van der Waals surface area contributed by atoms with Gasteiger partial charge in [0.1, 0.15) is 0 Å². The predicted molar refractivity (Wildman–Crippen MR) is 108 cm³/mol. The van der Waals surface area contributed by atoms with E-state index in [0.717, 1.165) is 0 Å². The topological polar surface area (TPSA) is 61.8 Å². The fourth-order valence-electron chi connectivity index (χ4n) is 4.16. The third-order valence-corrected chi connectivity index (χ3v) is 11.1. The van der Waals surface area contributed by atoms with Crippen LogP contribution in [0.3, 0.4) is 0 Å². The number of esters is 2. The van der Waals surface area contributed by atoms with Crippen molar-refractivity contribution in [1.82, 2.24) is 0 Å². The van der Waals surface area contributed by atoms with E-state index in [1.54, 1.807) is 0 Å². The summed E-state index contributed by atoms with van der Waals surface area (Å²) < 4.78 is 17.2. The summed E-state index contributed by atoms with van der Waals surface area (Å²) in [5.74, 6) is -0.504. The zero-order valence-electron chi connectivity index (χ0n) is 17.9. The number of rotatable bonds is 5. The highest BCUT2D eigenvalue weighted by molar-refractivity contribution is 6.74. The second kappa shape index (κ2) is 8.48. The number of methoxy groups -OCH3 is 1. The van der Waals surface area contributed by atoms with E-state index in [2.05, 4.69) is 46.0 Å². The van der Waals surface area contributed by atoms with Gasteiger partial charge in [0.25, 0.3) is 0 Å². The fourth-order valence-corrected chi connectivity index (χ4v) is 5.52. The van der Waals surface area contributed by atoms with E-state index >= 15 is 0 Å². The molecule has 0 aromatic rings. The molecule has 2 aliphatic rings. The van der Waals surface area contributed by atoms with Crippen LogP contribution in [0.25, 0.3) is 0 Å². The Morgan fingerprint density at radius 3 is 2.37 bits per heavy atom. The maximum Gasteiger partial charge on any atom is 0.309 e. The standard InChI is InChI=1S/C21H36O5Si/c1-8-25-20(23)16-11-9-10-14-12-15(19(22)24-5)13-17(18(14)16)26-27(6,7)21(2,3)4/h9-10,14-18H,8,11-13H2,1-7H3/t14?,15-,16-,17-,18?/m0/s1. The second-order valence-electron chi connectivity index (χ2n) is 9.37. The van der Waals surface area contributed by atoms with Crippen molar-refractivity contribution < 1.29 is 23.5 Å². The van der Waals surface area contributed by atoms with Gasteiger partial charge in [0.15, 0.2) is 8.32 Å². The van der Waals surface area contributed by atoms with Gasteiger partial charge < -0.3 is 13.9 Å². The van der Waals surface area contributed by atoms with E-state index in [9.17, 15) is 9.59 Å². The van der Waals surface area contributed by atoms with Gasteiger partial charge in [0.2, 0.25) is 0 Å². The molecule has 6 heteroatoms. The Bertz CT molecular complexity index is 578. The van der Waals surface area contributed by atoms with Crippen molar-refractivity contribution in [2.75, 3.05) is 13.7 Å².